The maximum absolute atomic E-state index is 10.9. The molecule has 1 aliphatic rings. The normalized spacial score (nSPS) is 21.6. The molecule has 0 aliphatic carbocycles. The van der Waals surface area contributed by atoms with Crippen LogP contribution in [0, 0.1) is 0 Å². The maximum atomic E-state index is 10.9. The summed E-state index contributed by atoms with van der Waals surface area (Å²) >= 11 is 0. The van der Waals surface area contributed by atoms with Crippen LogP contribution in [0.5, 0.6) is 11.5 Å². The average molecular weight is 277 g/mol. The largest absolute Gasteiger partial charge is 0.497 e. The van der Waals surface area contributed by atoms with Crippen LogP contribution in [0.25, 0.3) is 0 Å². The van der Waals surface area contributed by atoms with Gasteiger partial charge in [-0.05, 0) is 37.1 Å². The number of nitrogens with two attached hydrogens (primary N) is 1. The first-order chi connectivity index (χ1) is 9.42. The summed E-state index contributed by atoms with van der Waals surface area (Å²) < 4.78 is 11.1. The lowest BCUT2D eigenvalue weighted by Crippen LogP contribution is -2.55. The van der Waals surface area contributed by atoms with Crippen molar-refractivity contribution >= 4 is 11.9 Å². The molecule has 1 amide bonds. The number of benzene rings is 1. The maximum Gasteiger partial charge on any atom is 0.245 e. The van der Waals surface area contributed by atoms with E-state index in [1.807, 2.05) is 25.1 Å². The molecule has 1 unspecified atom stereocenters. The number of aryl methyl sites for hydroxylation is 1. The summed E-state index contributed by atoms with van der Waals surface area (Å²) in [5.74, 6) is 1.31. The number of nitrogens with zero attached hydrogens (tertiary/aromatic N) is 1. The highest BCUT2D eigenvalue weighted by Crippen LogP contribution is 2.34. The standard InChI is InChI=1S/C14H19N3O3/c1-9(18)16-13(15)17-14(2)7-6-10-8-11(19-3)4-5-12(10)20-14/h4-5,8H,6-7H2,1-3H3,(H3,15,16,17,18). The molecule has 0 radical (unpaired) electrons. The number of methoxy groups -OCH3 is 1. The third-order valence-electron chi connectivity index (χ3n) is 3.14. The zero-order valence-electron chi connectivity index (χ0n) is 11.9. The van der Waals surface area contributed by atoms with Gasteiger partial charge in [-0.2, -0.15) is 4.99 Å². The Morgan fingerprint density at radius 3 is 2.95 bits per heavy atom. The van der Waals surface area contributed by atoms with E-state index in [-0.39, 0.29) is 11.9 Å². The van der Waals surface area contributed by atoms with Crippen molar-refractivity contribution in [1.82, 2.24) is 5.32 Å². The molecule has 1 aliphatic heterocycles. The molecule has 3 N–H and O–H groups in total. The van der Waals surface area contributed by atoms with Crippen LogP contribution in [0.4, 0.5) is 0 Å². The zero-order valence-corrected chi connectivity index (χ0v) is 11.9. The van der Waals surface area contributed by atoms with Gasteiger partial charge in [0.15, 0.2) is 11.7 Å². The lowest BCUT2D eigenvalue weighted by Gasteiger charge is -2.36. The van der Waals surface area contributed by atoms with Crippen LogP contribution >= 0.6 is 0 Å². The first kappa shape index (κ1) is 14.2. The second-order valence-corrected chi connectivity index (χ2v) is 4.95. The first-order valence-corrected chi connectivity index (χ1v) is 6.41. The third kappa shape index (κ3) is 3.20. The minimum Gasteiger partial charge on any atom is -0.497 e. The quantitative estimate of drug-likeness (QED) is 0.626. The molecule has 108 valence electrons. The van der Waals surface area contributed by atoms with Gasteiger partial charge in [0.25, 0.3) is 0 Å². The van der Waals surface area contributed by atoms with Crippen LogP contribution in [-0.2, 0) is 11.2 Å². The molecule has 0 aromatic heterocycles. The molecule has 0 spiro atoms. The van der Waals surface area contributed by atoms with Gasteiger partial charge in [0.1, 0.15) is 11.5 Å². The SMILES string of the molecule is COc1ccc2c(c1)CCC(C)(NC(N)=NC(C)=O)O2. The molecule has 2 rings (SSSR count). The Balaban J connectivity index is 2.15. The van der Waals surface area contributed by atoms with Crippen LogP contribution in [0.3, 0.4) is 0 Å². The van der Waals surface area contributed by atoms with Crippen LogP contribution < -0.4 is 20.5 Å². The molecule has 1 heterocycles. The molecular formula is C14H19N3O3. The fourth-order valence-electron chi connectivity index (χ4n) is 2.20. The number of guanidine groups is 1. The van der Waals surface area contributed by atoms with Crippen molar-refractivity contribution in [2.24, 2.45) is 10.7 Å². The molecule has 0 saturated carbocycles. The van der Waals surface area contributed by atoms with E-state index in [0.29, 0.717) is 6.42 Å². The summed E-state index contributed by atoms with van der Waals surface area (Å²) in [6.45, 7) is 3.23. The summed E-state index contributed by atoms with van der Waals surface area (Å²) in [5, 5.41) is 2.95. The van der Waals surface area contributed by atoms with E-state index < -0.39 is 5.72 Å². The Labute approximate surface area is 118 Å². The Hall–Kier alpha value is -2.24. The molecule has 0 bridgehead atoms. The second-order valence-electron chi connectivity index (χ2n) is 4.95. The number of ether oxygens (including phenoxy) is 2. The summed E-state index contributed by atoms with van der Waals surface area (Å²) in [7, 11) is 1.63. The molecule has 20 heavy (non-hydrogen) atoms. The van der Waals surface area contributed by atoms with Gasteiger partial charge in [-0.1, -0.05) is 0 Å². The number of hydrogen-bond acceptors (Lipinski definition) is 3. The van der Waals surface area contributed by atoms with Gasteiger partial charge in [-0.15, -0.1) is 0 Å². The highest BCUT2D eigenvalue weighted by Gasteiger charge is 2.32. The molecule has 6 nitrogen and oxygen atoms in total. The zero-order chi connectivity index (χ0) is 14.8. The third-order valence-corrected chi connectivity index (χ3v) is 3.14. The summed E-state index contributed by atoms with van der Waals surface area (Å²) in [6.07, 6.45) is 1.53. The van der Waals surface area contributed by atoms with E-state index >= 15 is 0 Å². The van der Waals surface area contributed by atoms with Crippen molar-refractivity contribution in [3.63, 3.8) is 0 Å². The van der Waals surface area contributed by atoms with E-state index in [4.69, 9.17) is 15.2 Å². The fraction of sp³-hybridized carbons (Fsp3) is 0.429. The molecule has 1 aromatic carbocycles. The van der Waals surface area contributed by atoms with Gasteiger partial charge in [0.2, 0.25) is 5.91 Å². The molecule has 0 fully saturated rings. The van der Waals surface area contributed by atoms with Crippen LogP contribution in [-0.4, -0.2) is 24.7 Å². The monoisotopic (exact) mass is 277 g/mol. The van der Waals surface area contributed by atoms with Gasteiger partial charge in [0, 0.05) is 13.3 Å². The Morgan fingerprint density at radius 1 is 1.55 bits per heavy atom. The number of carbonyl (C=O) groups is 1. The van der Waals surface area contributed by atoms with Gasteiger partial charge >= 0.3 is 0 Å². The number of rotatable bonds is 2. The minimum atomic E-state index is -0.676. The van der Waals surface area contributed by atoms with Crippen LogP contribution in [0.15, 0.2) is 23.2 Å². The molecule has 0 saturated heterocycles. The van der Waals surface area contributed by atoms with Crippen LogP contribution in [0.1, 0.15) is 25.8 Å². The van der Waals surface area contributed by atoms with E-state index in [1.165, 1.54) is 6.92 Å². The molecular weight excluding hydrogens is 258 g/mol. The second kappa shape index (κ2) is 5.40. The minimum absolute atomic E-state index is 0.0666. The Kier molecular flexibility index (Phi) is 3.83. The lowest BCUT2D eigenvalue weighted by molar-refractivity contribution is -0.115. The predicted octanol–water partition coefficient (Wildman–Crippen LogP) is 1.19. The van der Waals surface area contributed by atoms with Gasteiger partial charge in [-0.25, -0.2) is 0 Å². The molecule has 1 aromatic rings. The lowest BCUT2D eigenvalue weighted by atomic mass is 9.98. The van der Waals surface area contributed by atoms with Crippen molar-refractivity contribution in [3.8, 4) is 11.5 Å². The number of carbonyl (C=O) groups excluding carboxylic acids is 1. The number of nitrogens with one attached hydrogen (secondary N) is 1. The summed E-state index contributed by atoms with van der Waals surface area (Å²) in [4.78, 5) is 14.6. The average Bonchev–Trinajstić information content (AvgIpc) is 2.36. The fourth-order valence-corrected chi connectivity index (χ4v) is 2.20. The van der Waals surface area contributed by atoms with Crippen molar-refractivity contribution in [1.29, 1.82) is 0 Å². The van der Waals surface area contributed by atoms with E-state index in [9.17, 15) is 4.79 Å². The number of fused-ring (bicyclic) bond motifs is 1. The number of aliphatic imine (C=N–C) groups is 1. The number of hydrogen-bond donors (Lipinski definition) is 2. The predicted molar refractivity (Wildman–Crippen MR) is 75.8 cm³/mol. The summed E-state index contributed by atoms with van der Waals surface area (Å²) in [5.41, 5.74) is 6.09. The van der Waals surface area contributed by atoms with Gasteiger partial charge in [0.05, 0.1) is 7.11 Å². The molecule has 1 atom stereocenters. The Morgan fingerprint density at radius 2 is 2.30 bits per heavy atom. The van der Waals surface area contributed by atoms with Crippen molar-refractivity contribution in [3.05, 3.63) is 23.8 Å². The first-order valence-electron chi connectivity index (χ1n) is 6.41. The van der Waals surface area contributed by atoms with Crippen molar-refractivity contribution in [2.45, 2.75) is 32.4 Å². The highest BCUT2D eigenvalue weighted by atomic mass is 16.5. The van der Waals surface area contributed by atoms with Gasteiger partial charge < -0.3 is 20.5 Å². The van der Waals surface area contributed by atoms with Crippen LogP contribution in [0.2, 0.25) is 0 Å². The van der Waals surface area contributed by atoms with Gasteiger partial charge in [-0.3, -0.25) is 4.79 Å². The number of amides is 1. The molecule has 6 heteroatoms. The smallest absolute Gasteiger partial charge is 0.245 e. The topological polar surface area (TPSA) is 85.9 Å². The van der Waals surface area contributed by atoms with E-state index in [2.05, 4.69) is 10.3 Å². The highest BCUT2D eigenvalue weighted by molar-refractivity contribution is 5.91. The summed E-state index contributed by atoms with van der Waals surface area (Å²) in [6, 6.07) is 5.67. The Bertz CT molecular complexity index is 557. The van der Waals surface area contributed by atoms with E-state index in [1.54, 1.807) is 7.11 Å². The van der Waals surface area contributed by atoms with Crippen molar-refractivity contribution < 1.29 is 14.3 Å². The van der Waals surface area contributed by atoms with E-state index in [0.717, 1.165) is 23.5 Å². The van der Waals surface area contributed by atoms with Crippen molar-refractivity contribution in [2.75, 3.05) is 7.11 Å².